The molecule has 22 heavy (non-hydrogen) atoms. The Morgan fingerprint density at radius 3 is 2.68 bits per heavy atom. The minimum absolute atomic E-state index is 0.0487. The number of carbonyl (C=O) groups is 1. The number of benzene rings is 2. The highest BCUT2D eigenvalue weighted by Gasteiger charge is 2.31. The van der Waals surface area contributed by atoms with Gasteiger partial charge in [-0.1, -0.05) is 42.5 Å². The van der Waals surface area contributed by atoms with E-state index in [4.69, 9.17) is 0 Å². The standard InChI is InChI=1S/C18H18N2OS/c1-3-19-18-20(4-2)17(21)16(22-18)12-14-10-7-9-13-8-5-6-11-15(13)14/h5-12H,3-4H2,1-2H3/b16-12-,19-18?. The molecule has 0 saturated carbocycles. The SMILES string of the molecule is CCN=C1S/C(=C\c2cccc3ccccc23)C(=O)N1CC. The first-order valence-electron chi connectivity index (χ1n) is 7.48. The predicted molar refractivity (Wildman–Crippen MR) is 94.9 cm³/mol. The molecule has 3 rings (SSSR count). The molecule has 1 aliphatic rings. The number of aliphatic imine (C=N–C) groups is 1. The number of thioether (sulfide) groups is 1. The summed E-state index contributed by atoms with van der Waals surface area (Å²) in [6, 6.07) is 14.4. The Balaban J connectivity index is 2.04. The first kappa shape index (κ1) is 14.9. The molecule has 2 aromatic carbocycles. The zero-order chi connectivity index (χ0) is 15.5. The van der Waals surface area contributed by atoms with E-state index < -0.39 is 0 Å². The lowest BCUT2D eigenvalue weighted by Crippen LogP contribution is -2.28. The lowest BCUT2D eigenvalue weighted by molar-refractivity contribution is -0.122. The Morgan fingerprint density at radius 2 is 1.91 bits per heavy atom. The monoisotopic (exact) mass is 310 g/mol. The number of fused-ring (bicyclic) bond motifs is 1. The molecule has 0 atom stereocenters. The zero-order valence-electron chi connectivity index (χ0n) is 12.7. The second kappa shape index (κ2) is 6.36. The Hall–Kier alpha value is -2.07. The Kier molecular flexibility index (Phi) is 4.29. The number of likely N-dealkylation sites (N-methyl/N-ethyl adjacent to an activating group) is 1. The molecule has 1 fully saturated rings. The molecule has 1 amide bonds. The minimum Gasteiger partial charge on any atom is -0.287 e. The van der Waals surface area contributed by atoms with Gasteiger partial charge in [-0.05, 0) is 48.0 Å². The van der Waals surface area contributed by atoms with Crippen molar-refractivity contribution >= 4 is 39.7 Å². The number of carbonyl (C=O) groups excluding carboxylic acids is 1. The van der Waals surface area contributed by atoms with Crippen molar-refractivity contribution in [2.24, 2.45) is 4.99 Å². The molecular weight excluding hydrogens is 292 g/mol. The average Bonchev–Trinajstić information content (AvgIpc) is 2.83. The minimum atomic E-state index is 0.0487. The lowest BCUT2D eigenvalue weighted by atomic mass is 10.0. The van der Waals surface area contributed by atoms with Crippen LogP contribution in [0.5, 0.6) is 0 Å². The van der Waals surface area contributed by atoms with Gasteiger partial charge in [0.1, 0.15) is 0 Å². The fourth-order valence-electron chi connectivity index (χ4n) is 2.56. The van der Waals surface area contributed by atoms with Gasteiger partial charge in [-0.2, -0.15) is 0 Å². The van der Waals surface area contributed by atoms with Gasteiger partial charge < -0.3 is 0 Å². The largest absolute Gasteiger partial charge is 0.287 e. The zero-order valence-corrected chi connectivity index (χ0v) is 13.6. The van der Waals surface area contributed by atoms with Gasteiger partial charge in [-0.15, -0.1) is 0 Å². The van der Waals surface area contributed by atoms with Gasteiger partial charge in [0.2, 0.25) is 0 Å². The Bertz CT molecular complexity index is 774. The fourth-order valence-corrected chi connectivity index (χ4v) is 3.65. The molecule has 1 aliphatic heterocycles. The third-order valence-electron chi connectivity index (χ3n) is 3.61. The molecule has 2 aromatic rings. The van der Waals surface area contributed by atoms with E-state index in [9.17, 15) is 4.79 Å². The maximum Gasteiger partial charge on any atom is 0.266 e. The second-order valence-electron chi connectivity index (χ2n) is 4.99. The first-order chi connectivity index (χ1) is 10.7. The van der Waals surface area contributed by atoms with Gasteiger partial charge in [0.25, 0.3) is 5.91 Å². The van der Waals surface area contributed by atoms with E-state index >= 15 is 0 Å². The smallest absolute Gasteiger partial charge is 0.266 e. The molecule has 3 nitrogen and oxygen atoms in total. The number of rotatable bonds is 3. The van der Waals surface area contributed by atoms with Crippen molar-refractivity contribution in [3.8, 4) is 0 Å². The Morgan fingerprint density at radius 1 is 1.14 bits per heavy atom. The summed E-state index contributed by atoms with van der Waals surface area (Å²) in [7, 11) is 0. The van der Waals surface area contributed by atoms with Crippen molar-refractivity contribution < 1.29 is 4.79 Å². The highest BCUT2D eigenvalue weighted by molar-refractivity contribution is 8.18. The van der Waals surface area contributed by atoms with Crippen LogP contribution >= 0.6 is 11.8 Å². The van der Waals surface area contributed by atoms with Crippen LogP contribution in [0, 0.1) is 0 Å². The summed E-state index contributed by atoms with van der Waals surface area (Å²) in [5, 5.41) is 3.15. The predicted octanol–water partition coefficient (Wildman–Crippen LogP) is 4.15. The van der Waals surface area contributed by atoms with Crippen LogP contribution in [0.1, 0.15) is 19.4 Å². The second-order valence-corrected chi connectivity index (χ2v) is 5.99. The van der Waals surface area contributed by atoms with Crippen LogP contribution in [0.3, 0.4) is 0 Å². The Labute approximate surface area is 134 Å². The van der Waals surface area contributed by atoms with Gasteiger partial charge in [-0.25, -0.2) is 0 Å². The molecule has 0 spiro atoms. The molecule has 0 bridgehead atoms. The van der Waals surface area contributed by atoms with Crippen LogP contribution in [0.4, 0.5) is 0 Å². The quantitative estimate of drug-likeness (QED) is 0.798. The maximum absolute atomic E-state index is 12.5. The van der Waals surface area contributed by atoms with E-state index in [1.807, 2.05) is 38.1 Å². The van der Waals surface area contributed by atoms with Crippen molar-refractivity contribution in [1.82, 2.24) is 4.90 Å². The molecule has 0 aliphatic carbocycles. The number of amidine groups is 1. The summed E-state index contributed by atoms with van der Waals surface area (Å²) in [5.74, 6) is 0.0487. The third kappa shape index (κ3) is 2.66. The van der Waals surface area contributed by atoms with Crippen molar-refractivity contribution in [2.45, 2.75) is 13.8 Å². The number of hydrogen-bond donors (Lipinski definition) is 0. The van der Waals surface area contributed by atoms with E-state index in [0.717, 1.165) is 21.0 Å². The topological polar surface area (TPSA) is 32.7 Å². The number of nitrogens with zero attached hydrogens (tertiary/aromatic N) is 2. The van der Waals surface area contributed by atoms with E-state index in [0.29, 0.717) is 13.1 Å². The molecule has 0 unspecified atom stereocenters. The first-order valence-corrected chi connectivity index (χ1v) is 8.30. The summed E-state index contributed by atoms with van der Waals surface area (Å²) in [6.07, 6.45) is 1.98. The van der Waals surface area contributed by atoms with Crippen LogP contribution in [-0.2, 0) is 4.79 Å². The molecule has 1 heterocycles. The van der Waals surface area contributed by atoms with Crippen LogP contribution in [-0.4, -0.2) is 29.1 Å². The molecule has 0 N–H and O–H groups in total. The maximum atomic E-state index is 12.5. The number of hydrogen-bond acceptors (Lipinski definition) is 3. The summed E-state index contributed by atoms with van der Waals surface area (Å²) in [5.41, 5.74) is 1.07. The molecule has 112 valence electrons. The molecule has 4 heteroatoms. The fraction of sp³-hybridized carbons (Fsp3) is 0.222. The van der Waals surface area contributed by atoms with Crippen molar-refractivity contribution in [2.75, 3.05) is 13.1 Å². The lowest BCUT2D eigenvalue weighted by Gasteiger charge is -2.11. The van der Waals surface area contributed by atoms with Crippen LogP contribution in [0.15, 0.2) is 52.4 Å². The van der Waals surface area contributed by atoms with E-state index in [-0.39, 0.29) is 5.91 Å². The van der Waals surface area contributed by atoms with Crippen LogP contribution in [0.25, 0.3) is 16.8 Å². The average molecular weight is 310 g/mol. The van der Waals surface area contributed by atoms with E-state index in [1.165, 1.54) is 17.1 Å². The van der Waals surface area contributed by atoms with Gasteiger partial charge >= 0.3 is 0 Å². The van der Waals surface area contributed by atoms with Gasteiger partial charge in [-0.3, -0.25) is 14.7 Å². The van der Waals surface area contributed by atoms with Crippen molar-refractivity contribution in [1.29, 1.82) is 0 Å². The van der Waals surface area contributed by atoms with Crippen molar-refractivity contribution in [3.05, 3.63) is 52.9 Å². The molecule has 1 saturated heterocycles. The third-order valence-corrected chi connectivity index (χ3v) is 4.65. The highest BCUT2D eigenvalue weighted by Crippen LogP contribution is 2.33. The summed E-state index contributed by atoms with van der Waals surface area (Å²) < 4.78 is 0. The normalized spacial score (nSPS) is 18.8. The summed E-state index contributed by atoms with van der Waals surface area (Å²) >= 11 is 1.47. The van der Waals surface area contributed by atoms with Gasteiger partial charge in [0, 0.05) is 13.1 Å². The summed E-state index contributed by atoms with van der Waals surface area (Å²) in [4.78, 5) is 19.4. The van der Waals surface area contributed by atoms with Crippen LogP contribution in [0.2, 0.25) is 0 Å². The summed E-state index contributed by atoms with van der Waals surface area (Å²) in [6.45, 7) is 5.30. The van der Waals surface area contributed by atoms with E-state index in [1.54, 1.807) is 4.90 Å². The van der Waals surface area contributed by atoms with Crippen molar-refractivity contribution in [3.63, 3.8) is 0 Å². The number of amides is 1. The van der Waals surface area contributed by atoms with Gasteiger partial charge in [0.05, 0.1) is 4.91 Å². The van der Waals surface area contributed by atoms with Gasteiger partial charge in [0.15, 0.2) is 5.17 Å². The highest BCUT2D eigenvalue weighted by atomic mass is 32.2. The molecular formula is C18H18N2OS. The van der Waals surface area contributed by atoms with E-state index in [2.05, 4.69) is 29.3 Å². The van der Waals surface area contributed by atoms with Crippen LogP contribution < -0.4 is 0 Å². The molecule has 0 radical (unpaired) electrons. The molecule has 0 aromatic heterocycles.